The molecule has 0 spiro atoms. The third kappa shape index (κ3) is 4.80. The van der Waals surface area contributed by atoms with Gasteiger partial charge >= 0.3 is 5.97 Å². The molecule has 0 N–H and O–H groups in total. The molecule has 8 heteroatoms. The fourth-order valence-electron chi connectivity index (χ4n) is 2.55. The summed E-state index contributed by atoms with van der Waals surface area (Å²) >= 11 is 6.26. The molecule has 27 heavy (non-hydrogen) atoms. The summed E-state index contributed by atoms with van der Waals surface area (Å²) < 4.78 is 17.0. The zero-order chi connectivity index (χ0) is 20.1. The fourth-order valence-corrected chi connectivity index (χ4v) is 2.87. The average Bonchev–Trinajstić information content (AvgIpc) is 2.91. The van der Waals surface area contributed by atoms with Gasteiger partial charge in [0.15, 0.2) is 23.9 Å². The lowest BCUT2D eigenvalue weighted by molar-refractivity contribution is 0.0474. The molecule has 1 aromatic carbocycles. The number of benzene rings is 1. The van der Waals surface area contributed by atoms with Crippen molar-refractivity contribution in [1.29, 1.82) is 0 Å². The topological polar surface area (TPSA) is 79.7 Å². The Bertz CT molecular complexity index is 845. The fraction of sp³-hybridized carbons (Fsp3) is 0.421. The van der Waals surface area contributed by atoms with Crippen molar-refractivity contribution in [3.8, 4) is 11.5 Å². The van der Waals surface area contributed by atoms with Crippen LogP contribution in [0.2, 0.25) is 5.15 Å². The highest BCUT2D eigenvalue weighted by atomic mass is 35.5. The van der Waals surface area contributed by atoms with Gasteiger partial charge in [-0.05, 0) is 31.0 Å². The SMILES string of the molecule is COc1ccc(C(=O)COC(=O)c2c(C)nn(CC(C)C)c2Cl)cc1OC. The maximum atomic E-state index is 12.4. The molecule has 1 heterocycles. The molecular weight excluding hydrogens is 372 g/mol. The van der Waals surface area contributed by atoms with Crippen LogP contribution in [-0.2, 0) is 11.3 Å². The number of hydrogen-bond donors (Lipinski definition) is 0. The molecule has 0 amide bonds. The summed E-state index contributed by atoms with van der Waals surface area (Å²) in [7, 11) is 2.98. The van der Waals surface area contributed by atoms with Crippen LogP contribution in [0, 0.1) is 12.8 Å². The third-order valence-corrected chi connectivity index (χ3v) is 4.23. The van der Waals surface area contributed by atoms with E-state index < -0.39 is 12.6 Å². The summed E-state index contributed by atoms with van der Waals surface area (Å²) in [6.45, 7) is 5.88. The molecule has 0 aliphatic carbocycles. The average molecular weight is 395 g/mol. The van der Waals surface area contributed by atoms with Gasteiger partial charge in [0.25, 0.3) is 0 Å². The van der Waals surface area contributed by atoms with Crippen molar-refractivity contribution in [2.75, 3.05) is 20.8 Å². The first-order valence-electron chi connectivity index (χ1n) is 8.43. The van der Waals surface area contributed by atoms with Gasteiger partial charge in [0.2, 0.25) is 0 Å². The van der Waals surface area contributed by atoms with E-state index in [1.54, 1.807) is 23.7 Å². The van der Waals surface area contributed by atoms with Crippen molar-refractivity contribution in [2.45, 2.75) is 27.3 Å². The van der Waals surface area contributed by atoms with Gasteiger partial charge in [-0.2, -0.15) is 5.10 Å². The first-order chi connectivity index (χ1) is 12.8. The van der Waals surface area contributed by atoms with Crippen LogP contribution < -0.4 is 9.47 Å². The van der Waals surface area contributed by atoms with E-state index in [9.17, 15) is 9.59 Å². The van der Waals surface area contributed by atoms with Gasteiger partial charge in [0, 0.05) is 12.1 Å². The quantitative estimate of drug-likeness (QED) is 0.503. The number of aromatic nitrogens is 2. The van der Waals surface area contributed by atoms with Gasteiger partial charge in [-0.15, -0.1) is 0 Å². The minimum Gasteiger partial charge on any atom is -0.493 e. The van der Waals surface area contributed by atoms with Crippen molar-refractivity contribution in [2.24, 2.45) is 5.92 Å². The van der Waals surface area contributed by atoms with E-state index >= 15 is 0 Å². The number of carbonyl (C=O) groups excluding carboxylic acids is 2. The molecule has 0 saturated carbocycles. The van der Waals surface area contributed by atoms with Gasteiger partial charge < -0.3 is 14.2 Å². The standard InChI is InChI=1S/C19H23ClN2O5/c1-11(2)9-22-18(20)17(12(3)21-22)19(24)27-10-14(23)13-6-7-15(25-4)16(8-13)26-5/h6-8,11H,9-10H2,1-5H3. The first kappa shape index (κ1) is 20.8. The molecule has 146 valence electrons. The zero-order valence-corrected chi connectivity index (χ0v) is 16.8. The molecule has 0 fully saturated rings. The minimum absolute atomic E-state index is 0.178. The van der Waals surface area contributed by atoms with Crippen LogP contribution in [0.15, 0.2) is 18.2 Å². The second-order valence-electron chi connectivity index (χ2n) is 6.40. The van der Waals surface area contributed by atoms with Crippen molar-refractivity contribution in [1.82, 2.24) is 9.78 Å². The van der Waals surface area contributed by atoms with Crippen molar-refractivity contribution in [3.05, 3.63) is 40.2 Å². The third-order valence-electron chi connectivity index (χ3n) is 3.85. The molecule has 0 atom stereocenters. The van der Waals surface area contributed by atoms with E-state index in [1.807, 2.05) is 13.8 Å². The van der Waals surface area contributed by atoms with Crippen LogP contribution in [0.3, 0.4) is 0 Å². The number of rotatable bonds is 8. The molecule has 0 bridgehead atoms. The smallest absolute Gasteiger partial charge is 0.343 e. The normalized spacial score (nSPS) is 10.8. The molecule has 0 radical (unpaired) electrons. The highest BCUT2D eigenvalue weighted by Crippen LogP contribution is 2.28. The number of carbonyl (C=O) groups is 2. The van der Waals surface area contributed by atoms with Crippen molar-refractivity contribution < 1.29 is 23.8 Å². The second-order valence-corrected chi connectivity index (χ2v) is 6.75. The number of ketones is 1. The zero-order valence-electron chi connectivity index (χ0n) is 16.0. The monoisotopic (exact) mass is 394 g/mol. The number of methoxy groups -OCH3 is 2. The minimum atomic E-state index is -0.679. The summed E-state index contributed by atoms with van der Waals surface area (Å²) in [5.41, 5.74) is 0.986. The number of Topliss-reactive ketones (excluding diaryl/α,β-unsaturated/α-hetero) is 1. The largest absolute Gasteiger partial charge is 0.493 e. The van der Waals surface area contributed by atoms with E-state index in [4.69, 9.17) is 25.8 Å². The van der Waals surface area contributed by atoms with E-state index in [-0.39, 0.29) is 16.5 Å². The molecule has 0 unspecified atom stereocenters. The predicted octanol–water partition coefficient (Wildman–Crippen LogP) is 3.56. The Morgan fingerprint density at radius 3 is 2.44 bits per heavy atom. The molecule has 1 aromatic heterocycles. The van der Waals surface area contributed by atoms with Gasteiger partial charge in [-0.1, -0.05) is 25.4 Å². The molecule has 7 nitrogen and oxygen atoms in total. The number of aryl methyl sites for hydroxylation is 1. The van der Waals surface area contributed by atoms with Crippen LogP contribution in [0.5, 0.6) is 11.5 Å². The van der Waals surface area contributed by atoms with E-state index in [0.29, 0.717) is 35.2 Å². The Kier molecular flexibility index (Phi) is 6.85. The lowest BCUT2D eigenvalue weighted by atomic mass is 10.1. The van der Waals surface area contributed by atoms with Crippen LogP contribution in [0.25, 0.3) is 0 Å². The van der Waals surface area contributed by atoms with Crippen molar-refractivity contribution in [3.63, 3.8) is 0 Å². The van der Waals surface area contributed by atoms with Crippen LogP contribution >= 0.6 is 11.6 Å². The molecule has 0 aliphatic rings. The van der Waals surface area contributed by atoms with Gasteiger partial charge in [0.1, 0.15) is 10.7 Å². The maximum Gasteiger partial charge on any atom is 0.343 e. The van der Waals surface area contributed by atoms with Crippen molar-refractivity contribution >= 4 is 23.4 Å². The van der Waals surface area contributed by atoms with Gasteiger partial charge in [-0.3, -0.25) is 9.48 Å². The lowest BCUT2D eigenvalue weighted by Crippen LogP contribution is -2.15. The number of ether oxygens (including phenoxy) is 3. The van der Waals surface area contributed by atoms with Gasteiger partial charge in [-0.25, -0.2) is 4.79 Å². The molecule has 0 saturated heterocycles. The lowest BCUT2D eigenvalue weighted by Gasteiger charge is -2.09. The second kappa shape index (κ2) is 8.90. The summed E-state index contributed by atoms with van der Waals surface area (Å²) in [6.07, 6.45) is 0. The maximum absolute atomic E-state index is 12.4. The van der Waals surface area contributed by atoms with Gasteiger partial charge in [0.05, 0.1) is 19.9 Å². The summed E-state index contributed by atoms with van der Waals surface area (Å²) in [5.74, 6) is 0.195. The van der Waals surface area contributed by atoms with E-state index in [2.05, 4.69) is 5.10 Å². The highest BCUT2D eigenvalue weighted by molar-refractivity contribution is 6.32. The highest BCUT2D eigenvalue weighted by Gasteiger charge is 2.23. The van der Waals surface area contributed by atoms with Crippen LogP contribution in [0.4, 0.5) is 0 Å². The summed E-state index contributed by atoms with van der Waals surface area (Å²) in [5, 5.41) is 4.48. The van der Waals surface area contributed by atoms with Crippen LogP contribution in [-0.4, -0.2) is 42.4 Å². The molecule has 2 rings (SSSR count). The first-order valence-corrected chi connectivity index (χ1v) is 8.81. The number of esters is 1. The Morgan fingerprint density at radius 2 is 1.85 bits per heavy atom. The number of nitrogens with zero attached hydrogens (tertiary/aromatic N) is 2. The Balaban J connectivity index is 2.09. The number of halogens is 1. The summed E-state index contributed by atoms with van der Waals surface area (Å²) in [6, 6.07) is 4.73. The molecular formula is C19H23ClN2O5. The number of hydrogen-bond acceptors (Lipinski definition) is 6. The Labute approximate surface area is 163 Å². The molecule has 2 aromatic rings. The van der Waals surface area contributed by atoms with E-state index in [0.717, 1.165) is 0 Å². The summed E-state index contributed by atoms with van der Waals surface area (Å²) in [4.78, 5) is 24.7. The predicted molar refractivity (Wildman–Crippen MR) is 101 cm³/mol. The molecule has 0 aliphatic heterocycles. The Hall–Kier alpha value is -2.54. The van der Waals surface area contributed by atoms with Crippen LogP contribution in [0.1, 0.15) is 40.3 Å². The van der Waals surface area contributed by atoms with E-state index in [1.165, 1.54) is 20.3 Å². The Morgan fingerprint density at radius 1 is 1.19 bits per heavy atom.